The molecule has 0 aliphatic carbocycles. The molecular formula is C18H23N5O2. The average Bonchev–Trinajstić information content (AvgIpc) is 3.07. The van der Waals surface area contributed by atoms with Crippen LogP contribution in [-0.4, -0.2) is 58.0 Å². The molecule has 1 aromatic heterocycles. The van der Waals surface area contributed by atoms with Gasteiger partial charge in [0.1, 0.15) is 5.82 Å². The van der Waals surface area contributed by atoms with Crippen LogP contribution in [0.5, 0.6) is 0 Å². The van der Waals surface area contributed by atoms with Gasteiger partial charge in [0.2, 0.25) is 0 Å². The standard InChI is InChI=1S/C18H23N5O2/c1-12(16-20-15-5-3-2-4-14(15)17(24)21-16)22-9-6-13(7-10-22)23-11-8-19-18(23)25/h2-5,12-13H,6-11H2,1H3,(H,19,25)(H,20,21,24)/t12-/m0/s1. The number of carbonyl (C=O) groups is 1. The second-order valence-corrected chi connectivity index (χ2v) is 6.84. The van der Waals surface area contributed by atoms with Gasteiger partial charge in [0.15, 0.2) is 0 Å². The number of hydrogen-bond acceptors (Lipinski definition) is 4. The number of para-hydroxylation sites is 1. The van der Waals surface area contributed by atoms with Crippen molar-refractivity contribution in [3.63, 3.8) is 0 Å². The number of rotatable bonds is 3. The van der Waals surface area contributed by atoms with Gasteiger partial charge in [0.05, 0.1) is 16.9 Å². The number of amides is 2. The Balaban J connectivity index is 1.48. The second kappa shape index (κ2) is 6.48. The highest BCUT2D eigenvalue weighted by atomic mass is 16.2. The maximum atomic E-state index is 12.3. The first-order valence-corrected chi connectivity index (χ1v) is 8.91. The van der Waals surface area contributed by atoms with Crippen molar-refractivity contribution >= 4 is 16.9 Å². The molecular weight excluding hydrogens is 318 g/mol. The molecule has 2 aliphatic heterocycles. The Hall–Kier alpha value is -2.41. The number of aromatic nitrogens is 2. The third-order valence-electron chi connectivity index (χ3n) is 5.40. The predicted molar refractivity (Wildman–Crippen MR) is 95.5 cm³/mol. The second-order valence-electron chi connectivity index (χ2n) is 6.84. The van der Waals surface area contributed by atoms with Crippen LogP contribution in [0.3, 0.4) is 0 Å². The lowest BCUT2D eigenvalue weighted by Gasteiger charge is -2.38. The number of benzene rings is 1. The van der Waals surface area contributed by atoms with E-state index in [9.17, 15) is 9.59 Å². The van der Waals surface area contributed by atoms with Crippen LogP contribution in [0.1, 0.15) is 31.6 Å². The Bertz CT molecular complexity index is 841. The zero-order valence-electron chi connectivity index (χ0n) is 14.4. The molecule has 0 spiro atoms. The zero-order valence-corrected chi connectivity index (χ0v) is 14.4. The van der Waals surface area contributed by atoms with Crippen LogP contribution in [0.15, 0.2) is 29.1 Å². The SMILES string of the molecule is C[C@@H](c1nc2ccccc2c(=O)[nH]1)N1CCC(N2CCNC2=O)CC1. The number of piperidine rings is 1. The fourth-order valence-corrected chi connectivity index (χ4v) is 3.89. The van der Waals surface area contributed by atoms with Gasteiger partial charge in [-0.3, -0.25) is 9.69 Å². The molecule has 4 rings (SSSR count). The number of fused-ring (bicyclic) bond motifs is 1. The first-order valence-electron chi connectivity index (χ1n) is 8.91. The highest BCUT2D eigenvalue weighted by Gasteiger charge is 2.32. The molecule has 132 valence electrons. The van der Waals surface area contributed by atoms with Crippen LogP contribution in [-0.2, 0) is 0 Å². The quantitative estimate of drug-likeness (QED) is 0.886. The van der Waals surface area contributed by atoms with Crippen LogP contribution in [0.25, 0.3) is 10.9 Å². The smallest absolute Gasteiger partial charge is 0.317 e. The summed E-state index contributed by atoms with van der Waals surface area (Å²) in [5, 5.41) is 3.50. The molecule has 2 fully saturated rings. The number of nitrogens with zero attached hydrogens (tertiary/aromatic N) is 3. The summed E-state index contributed by atoms with van der Waals surface area (Å²) >= 11 is 0. The molecule has 0 unspecified atom stereocenters. The van der Waals surface area contributed by atoms with Gasteiger partial charge in [-0.1, -0.05) is 12.1 Å². The number of aromatic amines is 1. The summed E-state index contributed by atoms with van der Waals surface area (Å²) < 4.78 is 0. The molecule has 7 nitrogen and oxygen atoms in total. The van der Waals surface area contributed by atoms with Crippen molar-refractivity contribution in [2.45, 2.75) is 31.8 Å². The molecule has 0 bridgehead atoms. The maximum absolute atomic E-state index is 12.3. The average molecular weight is 341 g/mol. The number of urea groups is 1. The minimum atomic E-state index is -0.0870. The van der Waals surface area contributed by atoms with Crippen molar-refractivity contribution in [1.82, 2.24) is 25.1 Å². The summed E-state index contributed by atoms with van der Waals surface area (Å²) in [5.41, 5.74) is 0.646. The van der Waals surface area contributed by atoms with Crippen LogP contribution in [0, 0.1) is 0 Å². The summed E-state index contributed by atoms with van der Waals surface area (Å²) in [6.07, 6.45) is 1.91. The highest BCUT2D eigenvalue weighted by molar-refractivity contribution is 5.77. The zero-order chi connectivity index (χ0) is 17.4. The van der Waals surface area contributed by atoms with Gasteiger partial charge < -0.3 is 15.2 Å². The summed E-state index contributed by atoms with van der Waals surface area (Å²) in [6.45, 7) is 5.42. The lowest BCUT2D eigenvalue weighted by atomic mass is 10.0. The Kier molecular flexibility index (Phi) is 4.17. The van der Waals surface area contributed by atoms with Crippen LogP contribution >= 0.6 is 0 Å². The molecule has 2 saturated heterocycles. The molecule has 7 heteroatoms. The number of nitrogens with one attached hydrogen (secondary N) is 2. The third kappa shape index (κ3) is 3.00. The van der Waals surface area contributed by atoms with Crippen molar-refractivity contribution in [3.8, 4) is 0 Å². The molecule has 2 N–H and O–H groups in total. The number of hydrogen-bond donors (Lipinski definition) is 2. The third-order valence-corrected chi connectivity index (χ3v) is 5.40. The van der Waals surface area contributed by atoms with Crippen molar-refractivity contribution in [2.24, 2.45) is 0 Å². The molecule has 2 aromatic rings. The van der Waals surface area contributed by atoms with E-state index in [1.165, 1.54) is 0 Å². The van der Waals surface area contributed by atoms with Crippen LogP contribution < -0.4 is 10.9 Å². The lowest BCUT2D eigenvalue weighted by Crippen LogP contribution is -2.46. The van der Waals surface area contributed by atoms with Gasteiger partial charge in [-0.25, -0.2) is 9.78 Å². The lowest BCUT2D eigenvalue weighted by molar-refractivity contribution is 0.109. The van der Waals surface area contributed by atoms with E-state index >= 15 is 0 Å². The monoisotopic (exact) mass is 341 g/mol. The number of H-pyrrole nitrogens is 1. The van der Waals surface area contributed by atoms with Gasteiger partial charge in [0, 0.05) is 32.2 Å². The Morgan fingerprint density at radius 2 is 1.92 bits per heavy atom. The fraction of sp³-hybridized carbons (Fsp3) is 0.500. The predicted octanol–water partition coefficient (Wildman–Crippen LogP) is 1.47. The van der Waals surface area contributed by atoms with Crippen molar-refractivity contribution < 1.29 is 4.79 Å². The largest absolute Gasteiger partial charge is 0.336 e. The van der Waals surface area contributed by atoms with E-state index in [-0.39, 0.29) is 17.6 Å². The first-order chi connectivity index (χ1) is 12.1. The van der Waals surface area contributed by atoms with E-state index in [0.717, 1.165) is 44.5 Å². The Morgan fingerprint density at radius 3 is 2.64 bits per heavy atom. The van der Waals surface area contributed by atoms with Gasteiger partial charge >= 0.3 is 6.03 Å². The van der Waals surface area contributed by atoms with E-state index < -0.39 is 0 Å². The van der Waals surface area contributed by atoms with Crippen LogP contribution in [0.4, 0.5) is 4.79 Å². The van der Waals surface area contributed by atoms with Gasteiger partial charge in [-0.05, 0) is 31.9 Å². The van der Waals surface area contributed by atoms with E-state index in [4.69, 9.17) is 0 Å². The van der Waals surface area contributed by atoms with Gasteiger partial charge in [0.25, 0.3) is 5.56 Å². The van der Waals surface area contributed by atoms with E-state index in [2.05, 4.69) is 27.1 Å². The normalized spacial score (nSPS) is 20.8. The fourth-order valence-electron chi connectivity index (χ4n) is 3.89. The van der Waals surface area contributed by atoms with Crippen LogP contribution in [0.2, 0.25) is 0 Å². The van der Waals surface area contributed by atoms with Gasteiger partial charge in [-0.2, -0.15) is 0 Å². The first kappa shape index (κ1) is 16.1. The molecule has 2 aliphatic rings. The van der Waals surface area contributed by atoms with E-state index in [1.54, 1.807) is 6.07 Å². The highest BCUT2D eigenvalue weighted by Crippen LogP contribution is 2.25. The minimum Gasteiger partial charge on any atom is -0.336 e. The molecule has 1 atom stereocenters. The molecule has 25 heavy (non-hydrogen) atoms. The molecule has 1 aromatic carbocycles. The van der Waals surface area contributed by atoms with Crippen molar-refractivity contribution in [1.29, 1.82) is 0 Å². The number of carbonyl (C=O) groups excluding carboxylic acids is 1. The summed E-state index contributed by atoms with van der Waals surface area (Å²) in [7, 11) is 0. The van der Waals surface area contributed by atoms with Crippen molar-refractivity contribution in [3.05, 3.63) is 40.4 Å². The van der Waals surface area contributed by atoms with Crippen molar-refractivity contribution in [2.75, 3.05) is 26.2 Å². The van der Waals surface area contributed by atoms with E-state index in [1.807, 2.05) is 23.1 Å². The molecule has 0 saturated carbocycles. The number of likely N-dealkylation sites (tertiary alicyclic amines) is 1. The van der Waals surface area contributed by atoms with Gasteiger partial charge in [-0.15, -0.1) is 0 Å². The molecule has 3 heterocycles. The maximum Gasteiger partial charge on any atom is 0.317 e. The summed E-state index contributed by atoms with van der Waals surface area (Å²) in [6, 6.07) is 7.84. The topological polar surface area (TPSA) is 81.3 Å². The van der Waals surface area contributed by atoms with E-state index in [0.29, 0.717) is 17.3 Å². The Morgan fingerprint density at radius 1 is 1.16 bits per heavy atom. The Labute approximate surface area is 146 Å². The minimum absolute atomic E-state index is 0.0469. The molecule has 2 amide bonds. The molecule has 0 radical (unpaired) electrons. The summed E-state index contributed by atoms with van der Waals surface area (Å²) in [4.78, 5) is 36.0. The summed E-state index contributed by atoms with van der Waals surface area (Å²) in [5.74, 6) is 0.709.